The van der Waals surface area contributed by atoms with Gasteiger partial charge in [0.1, 0.15) is 5.75 Å². The number of halogens is 2. The number of ether oxygens (including phenoxy) is 1. The number of benzene rings is 1. The third kappa shape index (κ3) is 5.71. The summed E-state index contributed by atoms with van der Waals surface area (Å²) in [5.74, 6) is -0.0641. The summed E-state index contributed by atoms with van der Waals surface area (Å²) in [6.45, 7) is 3.14. The zero-order chi connectivity index (χ0) is 19.9. The second kappa shape index (κ2) is 9.57. The van der Waals surface area contributed by atoms with Crippen LogP contribution in [0.25, 0.3) is 0 Å². The number of nitrogens with one attached hydrogen (secondary N) is 1. The van der Waals surface area contributed by atoms with Crippen LogP contribution in [0.2, 0.25) is 0 Å². The van der Waals surface area contributed by atoms with Crippen molar-refractivity contribution in [2.45, 2.75) is 26.1 Å². The molecule has 0 bridgehead atoms. The maximum absolute atomic E-state index is 12.5. The Hall–Kier alpha value is -2.58. The molecule has 3 rings (SSSR count). The van der Waals surface area contributed by atoms with E-state index in [2.05, 4.69) is 24.8 Å². The number of pyridine rings is 1. The standard InChI is InChI=1S/C20H24F2N4O2/c1-15(19(27)24-16-5-7-18(8-6-16)28-20(21)22)26-12-10-25(11-13-26)14-17-4-2-3-9-23-17/h2-9,15,20H,10-14H2,1H3,(H,24,27). The summed E-state index contributed by atoms with van der Waals surface area (Å²) in [6.07, 6.45) is 1.80. The lowest BCUT2D eigenvalue weighted by atomic mass is 10.2. The Morgan fingerprint density at radius 1 is 1.14 bits per heavy atom. The van der Waals surface area contributed by atoms with E-state index in [1.165, 1.54) is 12.1 Å². The molecule has 0 spiro atoms. The molecule has 8 heteroatoms. The molecule has 0 aliphatic carbocycles. The van der Waals surface area contributed by atoms with E-state index in [1.807, 2.05) is 25.1 Å². The van der Waals surface area contributed by atoms with Crippen molar-refractivity contribution in [2.75, 3.05) is 31.5 Å². The fraction of sp³-hybridized carbons (Fsp3) is 0.400. The third-order valence-electron chi connectivity index (χ3n) is 4.79. The largest absolute Gasteiger partial charge is 0.435 e. The summed E-state index contributed by atoms with van der Waals surface area (Å²) in [6, 6.07) is 11.5. The minimum absolute atomic E-state index is 0.0603. The van der Waals surface area contributed by atoms with Crippen LogP contribution in [0.4, 0.5) is 14.5 Å². The highest BCUT2D eigenvalue weighted by Gasteiger charge is 2.25. The molecule has 0 radical (unpaired) electrons. The van der Waals surface area contributed by atoms with E-state index in [-0.39, 0.29) is 17.7 Å². The van der Waals surface area contributed by atoms with E-state index in [9.17, 15) is 13.6 Å². The van der Waals surface area contributed by atoms with Gasteiger partial charge in [-0.3, -0.25) is 19.6 Å². The second-order valence-electron chi connectivity index (χ2n) is 6.70. The number of aromatic nitrogens is 1. The highest BCUT2D eigenvalue weighted by Crippen LogP contribution is 2.18. The Morgan fingerprint density at radius 2 is 1.86 bits per heavy atom. The number of amides is 1. The lowest BCUT2D eigenvalue weighted by Gasteiger charge is -2.37. The SMILES string of the molecule is CC(C(=O)Nc1ccc(OC(F)F)cc1)N1CCN(Cc2ccccn2)CC1. The molecule has 1 fully saturated rings. The predicted octanol–water partition coefficient (Wildman–Crippen LogP) is 2.83. The summed E-state index contributed by atoms with van der Waals surface area (Å²) in [5, 5.41) is 2.82. The van der Waals surface area contributed by atoms with Gasteiger partial charge in [-0.05, 0) is 43.3 Å². The van der Waals surface area contributed by atoms with Gasteiger partial charge >= 0.3 is 6.61 Å². The average molecular weight is 390 g/mol. The minimum atomic E-state index is -2.86. The van der Waals surface area contributed by atoms with Gasteiger partial charge in [-0.25, -0.2) is 0 Å². The maximum Gasteiger partial charge on any atom is 0.387 e. The molecule has 1 aliphatic heterocycles. The first-order valence-electron chi connectivity index (χ1n) is 9.23. The lowest BCUT2D eigenvalue weighted by Crippen LogP contribution is -2.52. The van der Waals surface area contributed by atoms with Gasteiger partial charge in [0.2, 0.25) is 5.91 Å². The zero-order valence-corrected chi connectivity index (χ0v) is 15.7. The van der Waals surface area contributed by atoms with E-state index < -0.39 is 6.61 Å². The molecule has 1 aromatic carbocycles. The molecule has 1 atom stereocenters. The summed E-state index contributed by atoms with van der Waals surface area (Å²) < 4.78 is 28.7. The van der Waals surface area contributed by atoms with Crippen molar-refractivity contribution < 1.29 is 18.3 Å². The van der Waals surface area contributed by atoms with Crippen LogP contribution in [-0.2, 0) is 11.3 Å². The van der Waals surface area contributed by atoms with Crippen LogP contribution in [0, 0.1) is 0 Å². The normalized spacial score (nSPS) is 16.7. The first kappa shape index (κ1) is 20.2. The van der Waals surface area contributed by atoms with Gasteiger partial charge in [-0.15, -0.1) is 0 Å². The highest BCUT2D eigenvalue weighted by atomic mass is 19.3. The van der Waals surface area contributed by atoms with Crippen LogP contribution in [0.3, 0.4) is 0 Å². The average Bonchev–Trinajstić information content (AvgIpc) is 2.70. The number of carbonyl (C=O) groups excluding carboxylic acids is 1. The van der Waals surface area contributed by atoms with Crippen LogP contribution >= 0.6 is 0 Å². The van der Waals surface area contributed by atoms with Crippen molar-refractivity contribution in [1.82, 2.24) is 14.8 Å². The van der Waals surface area contributed by atoms with Crippen molar-refractivity contribution in [3.8, 4) is 5.75 Å². The highest BCUT2D eigenvalue weighted by molar-refractivity contribution is 5.94. The van der Waals surface area contributed by atoms with Gasteiger partial charge in [0.05, 0.1) is 11.7 Å². The molecule has 6 nitrogen and oxygen atoms in total. The molecular formula is C20H24F2N4O2. The molecule has 1 amide bonds. The van der Waals surface area contributed by atoms with Gasteiger partial charge < -0.3 is 10.1 Å². The molecule has 1 aliphatic rings. The zero-order valence-electron chi connectivity index (χ0n) is 15.7. The van der Waals surface area contributed by atoms with Crippen molar-refractivity contribution in [1.29, 1.82) is 0 Å². The predicted molar refractivity (Wildman–Crippen MR) is 102 cm³/mol. The maximum atomic E-state index is 12.5. The number of piperazine rings is 1. The van der Waals surface area contributed by atoms with E-state index >= 15 is 0 Å². The molecule has 1 saturated heterocycles. The molecule has 1 N–H and O–H groups in total. The molecule has 2 heterocycles. The molecule has 150 valence electrons. The molecular weight excluding hydrogens is 366 g/mol. The van der Waals surface area contributed by atoms with Crippen molar-refractivity contribution in [3.05, 3.63) is 54.4 Å². The van der Waals surface area contributed by atoms with Gasteiger partial charge in [0, 0.05) is 44.6 Å². The van der Waals surface area contributed by atoms with Gasteiger partial charge in [-0.1, -0.05) is 6.07 Å². The fourth-order valence-electron chi connectivity index (χ4n) is 3.16. The van der Waals surface area contributed by atoms with Crippen LogP contribution in [0.15, 0.2) is 48.7 Å². The van der Waals surface area contributed by atoms with Crippen molar-refractivity contribution >= 4 is 11.6 Å². The van der Waals surface area contributed by atoms with Crippen molar-refractivity contribution in [2.24, 2.45) is 0 Å². The second-order valence-corrected chi connectivity index (χ2v) is 6.70. The summed E-state index contributed by atoms with van der Waals surface area (Å²) >= 11 is 0. The number of nitrogens with zero attached hydrogens (tertiary/aromatic N) is 3. The fourth-order valence-corrected chi connectivity index (χ4v) is 3.16. The minimum Gasteiger partial charge on any atom is -0.435 e. The number of hydrogen-bond acceptors (Lipinski definition) is 5. The number of anilines is 1. The Bertz CT molecular complexity index is 751. The van der Waals surface area contributed by atoms with Gasteiger partial charge in [-0.2, -0.15) is 8.78 Å². The van der Waals surface area contributed by atoms with E-state index in [0.717, 1.165) is 38.4 Å². The van der Waals surface area contributed by atoms with Crippen molar-refractivity contribution in [3.63, 3.8) is 0 Å². The molecule has 2 aromatic rings. The summed E-state index contributed by atoms with van der Waals surface area (Å²) in [5.41, 5.74) is 1.59. The van der Waals surface area contributed by atoms with Crippen LogP contribution < -0.4 is 10.1 Å². The number of hydrogen-bond donors (Lipinski definition) is 1. The molecule has 28 heavy (non-hydrogen) atoms. The Kier molecular flexibility index (Phi) is 6.89. The lowest BCUT2D eigenvalue weighted by molar-refractivity contribution is -0.121. The van der Waals surface area contributed by atoms with E-state index in [1.54, 1.807) is 18.3 Å². The van der Waals surface area contributed by atoms with Gasteiger partial charge in [0.15, 0.2) is 0 Å². The van der Waals surface area contributed by atoms with Gasteiger partial charge in [0.25, 0.3) is 0 Å². The quantitative estimate of drug-likeness (QED) is 0.788. The smallest absolute Gasteiger partial charge is 0.387 e. The summed E-state index contributed by atoms with van der Waals surface area (Å²) in [7, 11) is 0. The van der Waals surface area contributed by atoms with E-state index in [4.69, 9.17) is 0 Å². The Balaban J connectivity index is 1.46. The van der Waals surface area contributed by atoms with Crippen LogP contribution in [-0.4, -0.2) is 59.5 Å². The number of carbonyl (C=O) groups is 1. The third-order valence-corrected chi connectivity index (χ3v) is 4.79. The Morgan fingerprint density at radius 3 is 2.46 bits per heavy atom. The monoisotopic (exact) mass is 390 g/mol. The topological polar surface area (TPSA) is 57.7 Å². The number of rotatable bonds is 7. The molecule has 1 aromatic heterocycles. The Labute approximate surface area is 163 Å². The van der Waals surface area contributed by atoms with E-state index in [0.29, 0.717) is 5.69 Å². The van der Waals surface area contributed by atoms with Crippen LogP contribution in [0.1, 0.15) is 12.6 Å². The first-order chi connectivity index (χ1) is 13.5. The van der Waals surface area contributed by atoms with Crippen LogP contribution in [0.5, 0.6) is 5.75 Å². The number of alkyl halides is 2. The summed E-state index contributed by atoms with van der Waals surface area (Å²) in [4.78, 5) is 21.3. The molecule has 1 unspecified atom stereocenters. The first-order valence-corrected chi connectivity index (χ1v) is 9.23. The molecule has 0 saturated carbocycles.